The molecule has 0 aliphatic carbocycles. The van der Waals surface area contributed by atoms with Gasteiger partial charge < -0.3 is 15.0 Å². The van der Waals surface area contributed by atoms with Crippen molar-refractivity contribution in [3.63, 3.8) is 0 Å². The van der Waals surface area contributed by atoms with Crippen molar-refractivity contribution >= 4 is 29.1 Å². The summed E-state index contributed by atoms with van der Waals surface area (Å²) in [6, 6.07) is 12.2. The number of nitrogens with one attached hydrogen (secondary N) is 1. The first-order valence-corrected chi connectivity index (χ1v) is 11.2. The fourth-order valence-corrected chi connectivity index (χ4v) is 4.58. The summed E-state index contributed by atoms with van der Waals surface area (Å²) in [4.78, 5) is 29.1. The van der Waals surface area contributed by atoms with Crippen LogP contribution in [0, 0.1) is 11.7 Å². The molecule has 1 atom stereocenters. The summed E-state index contributed by atoms with van der Waals surface area (Å²) in [5.74, 6) is -0.603. The van der Waals surface area contributed by atoms with Crippen LogP contribution in [0.25, 0.3) is 0 Å². The summed E-state index contributed by atoms with van der Waals surface area (Å²) >= 11 is 6.04. The van der Waals surface area contributed by atoms with Crippen LogP contribution >= 0.6 is 11.6 Å². The van der Waals surface area contributed by atoms with E-state index in [0.717, 1.165) is 37.2 Å². The second-order valence-corrected chi connectivity index (χ2v) is 8.85. The van der Waals surface area contributed by atoms with Gasteiger partial charge in [-0.3, -0.25) is 14.5 Å². The number of amides is 2. The van der Waals surface area contributed by atoms with Gasteiger partial charge in [0, 0.05) is 49.4 Å². The molecule has 32 heavy (non-hydrogen) atoms. The number of nitrogens with zero attached hydrogens (tertiary/aromatic N) is 2. The molecule has 6 nitrogen and oxygen atoms in total. The number of rotatable bonds is 6. The molecule has 170 valence electrons. The van der Waals surface area contributed by atoms with Crippen molar-refractivity contribution in [1.82, 2.24) is 10.2 Å². The highest BCUT2D eigenvalue weighted by Crippen LogP contribution is 2.27. The first-order valence-electron chi connectivity index (χ1n) is 10.8. The van der Waals surface area contributed by atoms with Gasteiger partial charge in [-0.25, -0.2) is 4.39 Å². The Morgan fingerprint density at radius 2 is 2.00 bits per heavy atom. The molecule has 0 aromatic heterocycles. The number of anilines is 1. The van der Waals surface area contributed by atoms with Crippen LogP contribution in [0.4, 0.5) is 10.1 Å². The highest BCUT2D eigenvalue weighted by molar-refractivity contribution is 6.31. The van der Waals surface area contributed by atoms with E-state index in [-0.39, 0.29) is 41.8 Å². The number of piperidine rings is 1. The second kappa shape index (κ2) is 9.88. The van der Waals surface area contributed by atoms with Gasteiger partial charge in [0.25, 0.3) is 0 Å². The van der Waals surface area contributed by atoms with Gasteiger partial charge >= 0.3 is 0 Å². The Balaban J connectivity index is 1.26. The van der Waals surface area contributed by atoms with Crippen molar-refractivity contribution in [3.8, 4) is 5.75 Å². The van der Waals surface area contributed by atoms with Crippen LogP contribution in [-0.4, -0.2) is 49.5 Å². The zero-order valence-corrected chi connectivity index (χ0v) is 18.8. The average Bonchev–Trinajstić information content (AvgIpc) is 3.17. The number of halogens is 2. The van der Waals surface area contributed by atoms with E-state index in [1.807, 2.05) is 12.1 Å². The molecule has 2 aromatic rings. The molecular weight excluding hydrogens is 433 g/mol. The van der Waals surface area contributed by atoms with Gasteiger partial charge in [0.15, 0.2) is 11.6 Å². The lowest BCUT2D eigenvalue weighted by molar-refractivity contribution is -0.127. The maximum atomic E-state index is 13.9. The number of carbonyl (C=O) groups is 2. The predicted molar refractivity (Wildman–Crippen MR) is 121 cm³/mol. The summed E-state index contributed by atoms with van der Waals surface area (Å²) < 4.78 is 18.9. The Bertz CT molecular complexity index is 994. The zero-order valence-electron chi connectivity index (χ0n) is 18.0. The quantitative estimate of drug-likeness (QED) is 0.716. The van der Waals surface area contributed by atoms with Gasteiger partial charge in [0.05, 0.1) is 13.0 Å². The fraction of sp³-hybridized carbons (Fsp3) is 0.417. The van der Waals surface area contributed by atoms with E-state index in [1.54, 1.807) is 29.2 Å². The van der Waals surface area contributed by atoms with Crippen LogP contribution in [0.2, 0.25) is 5.02 Å². The Morgan fingerprint density at radius 1 is 1.22 bits per heavy atom. The molecular formula is C24H27ClFN3O3. The molecule has 2 aromatic carbocycles. The first-order chi connectivity index (χ1) is 15.4. The van der Waals surface area contributed by atoms with Gasteiger partial charge in [0.2, 0.25) is 11.8 Å². The first kappa shape index (κ1) is 22.6. The molecule has 0 saturated carbocycles. The summed E-state index contributed by atoms with van der Waals surface area (Å²) in [5, 5.41) is 3.69. The second-order valence-electron chi connectivity index (χ2n) is 8.41. The Hall–Kier alpha value is -2.64. The molecule has 0 radical (unpaired) electrons. The maximum absolute atomic E-state index is 13.9. The van der Waals surface area contributed by atoms with Crippen molar-refractivity contribution in [2.24, 2.45) is 5.92 Å². The molecule has 1 N–H and O–H groups in total. The number of hydrogen-bond acceptors (Lipinski definition) is 4. The van der Waals surface area contributed by atoms with E-state index < -0.39 is 0 Å². The highest BCUT2D eigenvalue weighted by atomic mass is 35.5. The third-order valence-electron chi connectivity index (χ3n) is 6.17. The average molecular weight is 460 g/mol. The van der Waals surface area contributed by atoms with E-state index in [0.29, 0.717) is 18.1 Å². The number of ether oxygens (including phenoxy) is 1. The number of methoxy groups -OCH3 is 1. The standard InChI is InChI=1S/C24H27ClFN3O3/c1-32-22-6-5-16(11-21(22)26)14-28-9-7-19(8-10-28)27-24(31)17-12-23(30)29(15-17)20-4-2-3-18(25)13-20/h2-6,11,13,17,19H,7-10,12,14-15H2,1H3,(H,27,31). The smallest absolute Gasteiger partial charge is 0.227 e. The number of benzene rings is 2. The molecule has 4 rings (SSSR count). The minimum absolute atomic E-state index is 0.0611. The van der Waals surface area contributed by atoms with E-state index in [9.17, 15) is 14.0 Å². The molecule has 2 aliphatic heterocycles. The summed E-state index contributed by atoms with van der Waals surface area (Å²) in [6.07, 6.45) is 1.85. The minimum atomic E-state index is -0.359. The third kappa shape index (κ3) is 5.22. The van der Waals surface area contributed by atoms with Crippen LogP contribution < -0.4 is 15.0 Å². The zero-order chi connectivity index (χ0) is 22.7. The molecule has 8 heteroatoms. The van der Waals surface area contributed by atoms with Crippen molar-refractivity contribution in [1.29, 1.82) is 0 Å². The van der Waals surface area contributed by atoms with Crippen LogP contribution in [0.15, 0.2) is 42.5 Å². The van der Waals surface area contributed by atoms with E-state index >= 15 is 0 Å². The molecule has 0 spiro atoms. The number of hydrogen-bond donors (Lipinski definition) is 1. The molecule has 0 bridgehead atoms. The van der Waals surface area contributed by atoms with Gasteiger partial charge in [0.1, 0.15) is 0 Å². The lowest BCUT2D eigenvalue weighted by Crippen LogP contribution is -2.46. The SMILES string of the molecule is COc1ccc(CN2CCC(NC(=O)C3CC(=O)N(c4cccc(Cl)c4)C3)CC2)cc1F. The Kier molecular flexibility index (Phi) is 6.96. The van der Waals surface area contributed by atoms with Crippen molar-refractivity contribution in [3.05, 3.63) is 58.9 Å². The normalized spacial score (nSPS) is 19.9. The molecule has 1 unspecified atom stereocenters. The molecule has 2 heterocycles. The van der Waals surface area contributed by atoms with Crippen LogP contribution in [0.5, 0.6) is 5.75 Å². The summed E-state index contributed by atoms with van der Waals surface area (Å²) in [6.45, 7) is 2.66. The van der Waals surface area contributed by atoms with E-state index in [2.05, 4.69) is 10.2 Å². The Labute approximate surface area is 192 Å². The van der Waals surface area contributed by atoms with Crippen LogP contribution in [-0.2, 0) is 16.1 Å². The van der Waals surface area contributed by atoms with Crippen LogP contribution in [0.3, 0.4) is 0 Å². The third-order valence-corrected chi connectivity index (χ3v) is 6.41. The van der Waals surface area contributed by atoms with Gasteiger partial charge in [-0.05, 0) is 48.7 Å². The molecule has 2 fully saturated rings. The minimum Gasteiger partial charge on any atom is -0.494 e. The fourth-order valence-electron chi connectivity index (χ4n) is 4.40. The molecule has 2 amide bonds. The van der Waals surface area contributed by atoms with E-state index in [4.69, 9.17) is 16.3 Å². The van der Waals surface area contributed by atoms with Gasteiger partial charge in [-0.2, -0.15) is 0 Å². The molecule has 2 aliphatic rings. The Morgan fingerprint density at radius 3 is 2.69 bits per heavy atom. The van der Waals surface area contributed by atoms with E-state index in [1.165, 1.54) is 13.2 Å². The maximum Gasteiger partial charge on any atom is 0.227 e. The lowest BCUT2D eigenvalue weighted by atomic mass is 10.0. The highest BCUT2D eigenvalue weighted by Gasteiger charge is 2.36. The van der Waals surface area contributed by atoms with Gasteiger partial charge in [-0.15, -0.1) is 0 Å². The topological polar surface area (TPSA) is 61.9 Å². The van der Waals surface area contributed by atoms with Gasteiger partial charge in [-0.1, -0.05) is 23.7 Å². The molecule has 2 saturated heterocycles. The number of likely N-dealkylation sites (tertiary alicyclic amines) is 1. The van der Waals surface area contributed by atoms with Crippen LogP contribution in [0.1, 0.15) is 24.8 Å². The summed E-state index contributed by atoms with van der Waals surface area (Å²) in [5.41, 5.74) is 1.62. The number of carbonyl (C=O) groups excluding carboxylic acids is 2. The largest absolute Gasteiger partial charge is 0.494 e. The lowest BCUT2D eigenvalue weighted by Gasteiger charge is -2.32. The predicted octanol–water partition coefficient (Wildman–Crippen LogP) is 3.62. The van der Waals surface area contributed by atoms with Crippen molar-refractivity contribution in [2.75, 3.05) is 31.6 Å². The monoisotopic (exact) mass is 459 g/mol. The van der Waals surface area contributed by atoms with Crippen molar-refractivity contribution in [2.45, 2.75) is 31.8 Å². The summed E-state index contributed by atoms with van der Waals surface area (Å²) in [7, 11) is 1.45. The van der Waals surface area contributed by atoms with Crippen molar-refractivity contribution < 1.29 is 18.7 Å².